The van der Waals surface area contributed by atoms with Crippen molar-refractivity contribution in [3.63, 3.8) is 0 Å². The lowest BCUT2D eigenvalue weighted by molar-refractivity contribution is 0.119. The minimum Gasteiger partial charge on any atom is -0.377 e. The van der Waals surface area contributed by atoms with Crippen molar-refractivity contribution in [1.82, 2.24) is 0 Å². The number of hydrogen-bond donors (Lipinski definition) is 0. The molecule has 0 saturated heterocycles. The largest absolute Gasteiger partial charge is 0.377 e. The molecule has 1 atom stereocenters. The number of ether oxygens (including phenoxy) is 1. The van der Waals surface area contributed by atoms with Crippen LogP contribution in [0.15, 0.2) is 30.3 Å². The Labute approximate surface area is 95.0 Å². The first-order valence-corrected chi connectivity index (χ1v) is 5.61. The standard InChI is InChI=1S/C11H14Cl2O/c12-8-11(13)6-7-14-9-10-4-2-1-3-5-10/h1-5,11H,6-9H2/t11-/m0/s1. The van der Waals surface area contributed by atoms with Crippen molar-refractivity contribution in [1.29, 1.82) is 0 Å². The van der Waals surface area contributed by atoms with E-state index in [1.807, 2.05) is 30.3 Å². The zero-order valence-corrected chi connectivity index (χ0v) is 9.47. The molecule has 0 aliphatic carbocycles. The third-order valence-corrected chi connectivity index (χ3v) is 2.76. The van der Waals surface area contributed by atoms with E-state index >= 15 is 0 Å². The van der Waals surface area contributed by atoms with Crippen molar-refractivity contribution in [2.24, 2.45) is 0 Å². The molecule has 0 aliphatic heterocycles. The normalized spacial score (nSPS) is 12.7. The summed E-state index contributed by atoms with van der Waals surface area (Å²) >= 11 is 11.4. The van der Waals surface area contributed by atoms with Crippen LogP contribution < -0.4 is 0 Å². The van der Waals surface area contributed by atoms with Crippen molar-refractivity contribution in [2.45, 2.75) is 18.4 Å². The fourth-order valence-electron chi connectivity index (χ4n) is 1.05. The van der Waals surface area contributed by atoms with E-state index in [4.69, 9.17) is 27.9 Å². The number of rotatable bonds is 6. The predicted molar refractivity (Wildman–Crippen MR) is 61.1 cm³/mol. The fraction of sp³-hybridized carbons (Fsp3) is 0.455. The molecule has 1 nitrogen and oxygen atoms in total. The molecule has 0 unspecified atom stereocenters. The molecule has 0 bridgehead atoms. The molecule has 1 aromatic carbocycles. The van der Waals surface area contributed by atoms with Gasteiger partial charge in [-0.15, -0.1) is 23.2 Å². The second-order valence-corrected chi connectivity index (χ2v) is 4.00. The Balaban J connectivity index is 2.10. The summed E-state index contributed by atoms with van der Waals surface area (Å²) in [6, 6.07) is 10.1. The predicted octanol–water partition coefficient (Wildman–Crippen LogP) is 3.44. The van der Waals surface area contributed by atoms with Crippen molar-refractivity contribution < 1.29 is 4.74 Å². The highest BCUT2D eigenvalue weighted by Crippen LogP contribution is 2.06. The fourth-order valence-corrected chi connectivity index (χ4v) is 1.30. The van der Waals surface area contributed by atoms with Gasteiger partial charge < -0.3 is 4.74 Å². The number of benzene rings is 1. The Bertz CT molecular complexity index is 238. The molecule has 0 heterocycles. The Hall–Kier alpha value is -0.240. The van der Waals surface area contributed by atoms with E-state index < -0.39 is 0 Å². The average molecular weight is 233 g/mol. The van der Waals surface area contributed by atoms with Gasteiger partial charge in [-0.3, -0.25) is 0 Å². The van der Waals surface area contributed by atoms with Crippen LogP contribution in [0.1, 0.15) is 12.0 Å². The van der Waals surface area contributed by atoms with Crippen LogP contribution in [0.3, 0.4) is 0 Å². The summed E-state index contributed by atoms with van der Waals surface area (Å²) in [5, 5.41) is 0.0208. The molecule has 0 spiro atoms. The quantitative estimate of drug-likeness (QED) is 0.540. The van der Waals surface area contributed by atoms with Gasteiger partial charge in [0.05, 0.1) is 6.61 Å². The van der Waals surface area contributed by atoms with Crippen LogP contribution in [0, 0.1) is 0 Å². The molecule has 0 aromatic heterocycles. The van der Waals surface area contributed by atoms with Crippen molar-refractivity contribution >= 4 is 23.2 Å². The maximum absolute atomic E-state index is 5.84. The SMILES string of the molecule is ClC[C@@H](Cl)CCOCc1ccccc1. The van der Waals surface area contributed by atoms with Crippen LogP contribution in [0.4, 0.5) is 0 Å². The number of alkyl halides is 2. The Kier molecular flexibility index (Phi) is 6.00. The molecule has 1 rings (SSSR count). The maximum atomic E-state index is 5.84. The van der Waals surface area contributed by atoms with E-state index in [2.05, 4.69) is 0 Å². The van der Waals surface area contributed by atoms with Gasteiger partial charge in [-0.2, -0.15) is 0 Å². The third kappa shape index (κ3) is 4.85. The molecule has 0 radical (unpaired) electrons. The number of hydrogen-bond acceptors (Lipinski definition) is 1. The Morgan fingerprint density at radius 2 is 1.93 bits per heavy atom. The van der Waals surface area contributed by atoms with E-state index in [0.717, 1.165) is 6.42 Å². The Morgan fingerprint density at radius 3 is 2.57 bits per heavy atom. The second-order valence-electron chi connectivity index (χ2n) is 3.08. The summed E-state index contributed by atoms with van der Waals surface area (Å²) < 4.78 is 5.45. The van der Waals surface area contributed by atoms with Crippen LogP contribution in [-0.4, -0.2) is 17.9 Å². The van der Waals surface area contributed by atoms with Crippen LogP contribution in [0.2, 0.25) is 0 Å². The molecule has 14 heavy (non-hydrogen) atoms. The minimum absolute atomic E-state index is 0.0208. The van der Waals surface area contributed by atoms with Crippen molar-refractivity contribution in [3.8, 4) is 0 Å². The van der Waals surface area contributed by atoms with E-state index in [-0.39, 0.29) is 5.38 Å². The van der Waals surface area contributed by atoms with Gasteiger partial charge in [-0.25, -0.2) is 0 Å². The highest BCUT2D eigenvalue weighted by atomic mass is 35.5. The molecule has 0 amide bonds. The summed E-state index contributed by atoms with van der Waals surface area (Å²) in [4.78, 5) is 0. The summed E-state index contributed by atoms with van der Waals surface area (Å²) in [6.07, 6.45) is 0.803. The maximum Gasteiger partial charge on any atom is 0.0716 e. The highest BCUT2D eigenvalue weighted by molar-refractivity contribution is 6.28. The molecular weight excluding hydrogens is 219 g/mol. The average Bonchev–Trinajstić information content (AvgIpc) is 2.25. The van der Waals surface area contributed by atoms with Crippen LogP contribution in [-0.2, 0) is 11.3 Å². The van der Waals surface area contributed by atoms with Gasteiger partial charge in [0.1, 0.15) is 0 Å². The molecule has 0 N–H and O–H groups in total. The van der Waals surface area contributed by atoms with Gasteiger partial charge in [0, 0.05) is 17.9 Å². The van der Waals surface area contributed by atoms with Gasteiger partial charge in [0.2, 0.25) is 0 Å². The molecule has 78 valence electrons. The summed E-state index contributed by atoms with van der Waals surface area (Å²) in [5.41, 5.74) is 1.18. The topological polar surface area (TPSA) is 9.23 Å². The van der Waals surface area contributed by atoms with Crippen molar-refractivity contribution in [3.05, 3.63) is 35.9 Å². The van der Waals surface area contributed by atoms with Gasteiger partial charge >= 0.3 is 0 Å². The second kappa shape index (κ2) is 7.10. The van der Waals surface area contributed by atoms with Gasteiger partial charge in [0.25, 0.3) is 0 Å². The van der Waals surface area contributed by atoms with Crippen molar-refractivity contribution in [2.75, 3.05) is 12.5 Å². The third-order valence-electron chi connectivity index (χ3n) is 1.85. The molecular formula is C11H14Cl2O. The Morgan fingerprint density at radius 1 is 1.21 bits per heavy atom. The molecule has 0 fully saturated rings. The van der Waals surface area contributed by atoms with Crippen LogP contribution in [0.5, 0.6) is 0 Å². The van der Waals surface area contributed by atoms with Crippen LogP contribution in [0.25, 0.3) is 0 Å². The van der Waals surface area contributed by atoms with E-state index in [1.165, 1.54) is 5.56 Å². The van der Waals surface area contributed by atoms with Gasteiger partial charge in [-0.05, 0) is 12.0 Å². The summed E-state index contributed by atoms with van der Waals surface area (Å²) in [5.74, 6) is 0.482. The summed E-state index contributed by atoms with van der Waals surface area (Å²) in [6.45, 7) is 1.31. The smallest absolute Gasteiger partial charge is 0.0716 e. The lowest BCUT2D eigenvalue weighted by Gasteiger charge is -2.06. The van der Waals surface area contributed by atoms with E-state index in [1.54, 1.807) is 0 Å². The minimum atomic E-state index is 0.0208. The van der Waals surface area contributed by atoms with E-state index in [0.29, 0.717) is 19.1 Å². The number of halogens is 2. The highest BCUT2D eigenvalue weighted by Gasteiger charge is 2.01. The lowest BCUT2D eigenvalue weighted by atomic mass is 10.2. The first kappa shape index (κ1) is 11.8. The van der Waals surface area contributed by atoms with Crippen LogP contribution >= 0.6 is 23.2 Å². The summed E-state index contributed by atoms with van der Waals surface area (Å²) in [7, 11) is 0. The molecule has 3 heteroatoms. The first-order chi connectivity index (χ1) is 6.83. The molecule has 1 aromatic rings. The van der Waals surface area contributed by atoms with E-state index in [9.17, 15) is 0 Å². The molecule has 0 aliphatic rings. The lowest BCUT2D eigenvalue weighted by Crippen LogP contribution is -2.05. The first-order valence-electron chi connectivity index (χ1n) is 4.64. The monoisotopic (exact) mass is 232 g/mol. The van der Waals surface area contributed by atoms with Gasteiger partial charge in [-0.1, -0.05) is 30.3 Å². The zero-order valence-electron chi connectivity index (χ0n) is 7.96. The van der Waals surface area contributed by atoms with Gasteiger partial charge in [0.15, 0.2) is 0 Å². The zero-order chi connectivity index (χ0) is 10.2. The molecule has 0 saturated carbocycles.